The predicted molar refractivity (Wildman–Crippen MR) is 89.8 cm³/mol. The zero-order valence-corrected chi connectivity index (χ0v) is 15.4. The molecule has 0 N–H and O–H groups in total. The van der Waals surface area contributed by atoms with Crippen molar-refractivity contribution in [1.82, 2.24) is 0 Å². The first-order valence-electron chi connectivity index (χ1n) is 7.06. The Bertz CT molecular complexity index is 733. The smallest absolute Gasteiger partial charge is 0.396 e. The Balaban J connectivity index is 2.62. The van der Waals surface area contributed by atoms with Crippen LogP contribution in [0.2, 0.25) is 0 Å². The van der Waals surface area contributed by atoms with Crippen molar-refractivity contribution in [1.29, 1.82) is 0 Å². The first-order valence-corrected chi connectivity index (χ1v) is 8.60. The summed E-state index contributed by atoms with van der Waals surface area (Å²) in [6.45, 7) is 1.78. The predicted octanol–water partition coefficient (Wildman–Crippen LogP) is 3.39. The SMILES string of the molecule is COc1cc(-c2coc(P(=O)(OC)OC)c2C)cc(OC)c1OC. The lowest BCUT2D eigenvalue weighted by Crippen LogP contribution is -2.08. The van der Waals surface area contributed by atoms with Crippen LogP contribution in [0.4, 0.5) is 0 Å². The second-order valence-corrected chi connectivity index (χ2v) is 6.99. The first kappa shape index (κ1) is 18.4. The Kier molecular flexibility index (Phi) is 5.59. The van der Waals surface area contributed by atoms with Crippen molar-refractivity contribution >= 4 is 13.1 Å². The average molecular weight is 356 g/mol. The molecule has 0 unspecified atom stereocenters. The summed E-state index contributed by atoms with van der Waals surface area (Å²) in [5.41, 5.74) is 2.29. The van der Waals surface area contributed by atoms with Crippen LogP contribution < -0.4 is 19.7 Å². The minimum Gasteiger partial charge on any atom is -0.493 e. The highest BCUT2D eigenvalue weighted by Crippen LogP contribution is 2.48. The highest BCUT2D eigenvalue weighted by atomic mass is 31.2. The molecule has 0 bridgehead atoms. The van der Waals surface area contributed by atoms with Gasteiger partial charge < -0.3 is 27.7 Å². The summed E-state index contributed by atoms with van der Waals surface area (Å²) < 4.78 is 44.1. The van der Waals surface area contributed by atoms with Gasteiger partial charge in [-0.25, -0.2) is 0 Å². The number of hydrogen-bond acceptors (Lipinski definition) is 7. The van der Waals surface area contributed by atoms with Gasteiger partial charge in [-0.3, -0.25) is 4.57 Å². The molecule has 0 saturated carbocycles. The van der Waals surface area contributed by atoms with Crippen LogP contribution in [0, 0.1) is 6.92 Å². The lowest BCUT2D eigenvalue weighted by molar-refractivity contribution is 0.281. The fourth-order valence-corrected chi connectivity index (χ4v) is 3.63. The molecule has 8 heteroatoms. The van der Waals surface area contributed by atoms with E-state index in [-0.39, 0.29) is 5.50 Å². The van der Waals surface area contributed by atoms with Gasteiger partial charge in [0.05, 0.1) is 27.6 Å². The summed E-state index contributed by atoms with van der Waals surface area (Å²) in [4.78, 5) is 0. The lowest BCUT2D eigenvalue weighted by atomic mass is 10.0. The molecule has 0 spiro atoms. The van der Waals surface area contributed by atoms with Crippen molar-refractivity contribution in [2.75, 3.05) is 35.5 Å². The Morgan fingerprint density at radius 2 is 1.46 bits per heavy atom. The van der Waals surface area contributed by atoms with E-state index in [9.17, 15) is 4.57 Å². The molecule has 132 valence electrons. The molecule has 0 fully saturated rings. The van der Waals surface area contributed by atoms with Crippen molar-refractivity contribution in [2.24, 2.45) is 0 Å². The molecule has 24 heavy (non-hydrogen) atoms. The zero-order valence-electron chi connectivity index (χ0n) is 14.5. The molecule has 0 radical (unpaired) electrons. The maximum Gasteiger partial charge on any atom is 0.396 e. The zero-order chi connectivity index (χ0) is 17.9. The van der Waals surface area contributed by atoms with Gasteiger partial charge in [0.15, 0.2) is 11.5 Å². The summed E-state index contributed by atoms with van der Waals surface area (Å²) in [6.07, 6.45) is 1.50. The molecule has 7 nitrogen and oxygen atoms in total. The van der Waals surface area contributed by atoms with Gasteiger partial charge in [0.25, 0.3) is 0 Å². The number of hydrogen-bond donors (Lipinski definition) is 0. The molecular formula is C16H21O7P. The fourth-order valence-electron chi connectivity index (χ4n) is 2.44. The minimum absolute atomic E-state index is 0.163. The Labute approximate surface area is 141 Å². The van der Waals surface area contributed by atoms with Crippen LogP contribution in [0.25, 0.3) is 11.1 Å². The molecule has 0 saturated heterocycles. The molecule has 0 aliphatic carbocycles. The molecule has 1 aromatic heterocycles. The summed E-state index contributed by atoms with van der Waals surface area (Å²) in [7, 11) is 3.76. The van der Waals surface area contributed by atoms with Crippen LogP contribution in [0.3, 0.4) is 0 Å². The summed E-state index contributed by atoms with van der Waals surface area (Å²) in [5, 5.41) is 0. The van der Waals surface area contributed by atoms with Gasteiger partial charge in [0.1, 0.15) is 0 Å². The second kappa shape index (κ2) is 7.30. The average Bonchev–Trinajstić information content (AvgIpc) is 3.01. The molecule has 0 atom stereocenters. The highest BCUT2D eigenvalue weighted by Gasteiger charge is 2.32. The van der Waals surface area contributed by atoms with E-state index in [0.29, 0.717) is 22.8 Å². The van der Waals surface area contributed by atoms with Gasteiger partial charge >= 0.3 is 7.60 Å². The van der Waals surface area contributed by atoms with Crippen LogP contribution in [0.1, 0.15) is 5.56 Å². The topological polar surface area (TPSA) is 76.4 Å². The molecule has 0 amide bonds. The Hall–Kier alpha value is -1.95. The largest absolute Gasteiger partial charge is 0.493 e. The standard InChI is InChI=1S/C16H21O7P/c1-10-12(9-23-16(10)24(17,21-5)22-6)11-7-13(18-2)15(20-4)14(8-11)19-3/h7-9H,1-6H3. The van der Waals surface area contributed by atoms with Crippen molar-refractivity contribution in [3.05, 3.63) is 24.0 Å². The van der Waals surface area contributed by atoms with E-state index in [1.165, 1.54) is 27.6 Å². The number of ether oxygens (including phenoxy) is 3. The lowest BCUT2D eigenvalue weighted by Gasteiger charge is -2.14. The molecule has 0 aliphatic rings. The monoisotopic (exact) mass is 356 g/mol. The van der Waals surface area contributed by atoms with E-state index in [2.05, 4.69) is 0 Å². The van der Waals surface area contributed by atoms with E-state index in [0.717, 1.165) is 11.1 Å². The Morgan fingerprint density at radius 3 is 1.88 bits per heavy atom. The molecule has 2 rings (SSSR count). The van der Waals surface area contributed by atoms with Crippen LogP contribution in [-0.2, 0) is 13.6 Å². The third-order valence-electron chi connectivity index (χ3n) is 3.72. The van der Waals surface area contributed by atoms with Gasteiger partial charge in [-0.15, -0.1) is 0 Å². The van der Waals surface area contributed by atoms with Crippen molar-refractivity contribution in [3.63, 3.8) is 0 Å². The number of benzene rings is 1. The van der Waals surface area contributed by atoms with Gasteiger partial charge in [-0.2, -0.15) is 0 Å². The molecule has 1 aromatic carbocycles. The van der Waals surface area contributed by atoms with Crippen molar-refractivity contribution in [3.8, 4) is 28.4 Å². The van der Waals surface area contributed by atoms with E-state index >= 15 is 0 Å². The third kappa shape index (κ3) is 3.02. The summed E-state index contributed by atoms with van der Waals surface area (Å²) in [6, 6.07) is 3.57. The van der Waals surface area contributed by atoms with Crippen molar-refractivity contribution < 1.29 is 32.2 Å². The van der Waals surface area contributed by atoms with E-state index in [1.807, 2.05) is 0 Å². The number of methoxy groups -OCH3 is 3. The molecular weight excluding hydrogens is 335 g/mol. The first-order chi connectivity index (χ1) is 11.4. The molecule has 2 aromatic rings. The van der Waals surface area contributed by atoms with Crippen LogP contribution in [-0.4, -0.2) is 35.5 Å². The highest BCUT2D eigenvalue weighted by molar-refractivity contribution is 7.61. The quantitative estimate of drug-likeness (QED) is 0.704. The Morgan fingerprint density at radius 1 is 0.917 bits per heavy atom. The normalized spacial score (nSPS) is 11.4. The van der Waals surface area contributed by atoms with Gasteiger partial charge in [-0.1, -0.05) is 0 Å². The summed E-state index contributed by atoms with van der Waals surface area (Å²) in [5.74, 6) is 1.51. The van der Waals surface area contributed by atoms with Crippen LogP contribution in [0.15, 0.2) is 22.8 Å². The third-order valence-corrected chi connectivity index (χ3v) is 5.62. The minimum atomic E-state index is -3.48. The summed E-state index contributed by atoms with van der Waals surface area (Å²) >= 11 is 0. The number of rotatable bonds is 7. The maximum absolute atomic E-state index is 12.6. The second-order valence-electron chi connectivity index (χ2n) is 4.86. The van der Waals surface area contributed by atoms with Crippen LogP contribution in [0.5, 0.6) is 17.2 Å². The van der Waals surface area contributed by atoms with Gasteiger partial charge in [0, 0.05) is 25.3 Å². The van der Waals surface area contributed by atoms with Crippen molar-refractivity contribution in [2.45, 2.75) is 6.92 Å². The van der Waals surface area contributed by atoms with Crippen LogP contribution >= 0.6 is 7.60 Å². The molecule has 0 aliphatic heterocycles. The van der Waals surface area contributed by atoms with E-state index in [4.69, 9.17) is 27.7 Å². The van der Waals surface area contributed by atoms with E-state index in [1.54, 1.807) is 33.3 Å². The van der Waals surface area contributed by atoms with Gasteiger partial charge in [0.2, 0.25) is 11.3 Å². The van der Waals surface area contributed by atoms with Gasteiger partial charge in [-0.05, 0) is 24.6 Å². The maximum atomic E-state index is 12.6. The van der Waals surface area contributed by atoms with E-state index < -0.39 is 7.60 Å². The number of furan rings is 1. The fraction of sp³-hybridized carbons (Fsp3) is 0.375. The molecule has 1 heterocycles.